The van der Waals surface area contributed by atoms with Crippen LogP contribution in [0.15, 0.2) is 65.7 Å². The number of likely N-dealkylation sites (tertiary alicyclic amines) is 1. The molecule has 0 bridgehead atoms. The summed E-state index contributed by atoms with van der Waals surface area (Å²) in [6, 6.07) is 9.41. The average Bonchev–Trinajstić information content (AvgIpc) is 3.32. The van der Waals surface area contributed by atoms with E-state index in [2.05, 4.69) is 27.2 Å². The van der Waals surface area contributed by atoms with Crippen LogP contribution in [0.2, 0.25) is 0 Å². The van der Waals surface area contributed by atoms with Gasteiger partial charge in [0.1, 0.15) is 23.6 Å². The topological polar surface area (TPSA) is 67.1 Å². The molecule has 1 aliphatic heterocycles. The third-order valence-corrected chi connectivity index (χ3v) is 6.18. The molecular formula is C26H28FN5O. The van der Waals surface area contributed by atoms with Crippen molar-refractivity contribution in [3.8, 4) is 11.1 Å². The summed E-state index contributed by atoms with van der Waals surface area (Å²) in [5, 5.41) is 5.37. The number of nitrogens with one attached hydrogen (secondary N) is 1. The van der Waals surface area contributed by atoms with Gasteiger partial charge in [0.25, 0.3) is 0 Å². The monoisotopic (exact) mass is 445 g/mol. The number of rotatable bonds is 5. The summed E-state index contributed by atoms with van der Waals surface area (Å²) in [5.41, 5.74) is 3.25. The lowest BCUT2D eigenvalue weighted by Crippen LogP contribution is -2.29. The Balaban J connectivity index is 0.00000274. The van der Waals surface area contributed by atoms with E-state index in [-0.39, 0.29) is 7.24 Å². The second-order valence-corrected chi connectivity index (χ2v) is 8.50. The predicted molar refractivity (Wildman–Crippen MR) is 130 cm³/mol. The lowest BCUT2D eigenvalue weighted by atomic mass is 9.97. The molecule has 7 heteroatoms. The van der Waals surface area contributed by atoms with Gasteiger partial charge in [0.2, 0.25) is 0 Å². The van der Waals surface area contributed by atoms with Crippen molar-refractivity contribution in [2.75, 3.05) is 25.5 Å². The van der Waals surface area contributed by atoms with Crippen LogP contribution in [0, 0.1) is 5.82 Å². The molecule has 1 saturated heterocycles. The van der Waals surface area contributed by atoms with Gasteiger partial charge >= 0.3 is 0 Å². The molecule has 0 radical (unpaired) electrons. The molecule has 1 aliphatic rings. The number of anilines is 1. The predicted octanol–water partition coefficient (Wildman–Crippen LogP) is 5.95. The van der Waals surface area contributed by atoms with E-state index in [0.29, 0.717) is 11.7 Å². The molecule has 0 unspecified atom stereocenters. The third-order valence-electron chi connectivity index (χ3n) is 6.18. The number of hydrogen-bond acceptors (Lipinski definition) is 6. The molecule has 0 saturated carbocycles. The summed E-state index contributed by atoms with van der Waals surface area (Å²) in [4.78, 5) is 15.6. The fourth-order valence-electron chi connectivity index (χ4n) is 4.24. The van der Waals surface area contributed by atoms with E-state index in [1.807, 2.05) is 43.5 Å². The minimum Gasteiger partial charge on any atom is -0.448 e. The number of aromatic nitrogens is 3. The van der Waals surface area contributed by atoms with Crippen LogP contribution in [0.25, 0.3) is 27.6 Å². The lowest BCUT2D eigenvalue weighted by molar-refractivity contribution is 0.237. The lowest BCUT2D eigenvalue weighted by Gasteiger charge is -2.26. The maximum absolute atomic E-state index is 13.6. The molecule has 4 heterocycles. The first kappa shape index (κ1) is 21.3. The van der Waals surface area contributed by atoms with E-state index in [1.54, 1.807) is 12.5 Å². The van der Waals surface area contributed by atoms with Crippen LogP contribution in [0.4, 0.5) is 10.2 Å². The highest BCUT2D eigenvalue weighted by Gasteiger charge is 2.23. The Kier molecular flexibility index (Phi) is 5.88. The van der Waals surface area contributed by atoms with Gasteiger partial charge in [-0.2, -0.15) is 0 Å². The Morgan fingerprint density at radius 2 is 1.97 bits per heavy atom. The first-order chi connectivity index (χ1) is 16.1. The normalized spacial score (nSPS) is 15.8. The van der Waals surface area contributed by atoms with Crippen LogP contribution in [0.3, 0.4) is 0 Å². The van der Waals surface area contributed by atoms with Gasteiger partial charge < -0.3 is 14.6 Å². The molecule has 3 aromatic heterocycles. The molecule has 1 fully saturated rings. The van der Waals surface area contributed by atoms with Crippen molar-refractivity contribution in [1.29, 1.82) is 0 Å². The van der Waals surface area contributed by atoms with E-state index >= 15 is 0 Å². The summed E-state index contributed by atoms with van der Waals surface area (Å²) < 4.78 is 19.4. The zero-order valence-electron chi connectivity index (χ0n) is 18.8. The summed E-state index contributed by atoms with van der Waals surface area (Å²) in [5.74, 6) is 1.52. The second-order valence-electron chi connectivity index (χ2n) is 8.50. The van der Waals surface area contributed by atoms with Gasteiger partial charge in [-0.15, -0.1) is 0 Å². The Morgan fingerprint density at radius 3 is 2.76 bits per heavy atom. The fraction of sp³-hybridized carbons (Fsp3) is 0.269. The molecular weight excluding hydrogens is 417 g/mol. The number of nitrogens with zero attached hydrogens (tertiary/aromatic N) is 4. The standard InChI is InChI=1S/C26H26FN5O.H2/c1-3-23(24-16-33-26(31-24)17-6-8-32(2)9-7-17)30-25-12-20-10-18(4-5-19(20)14-29-25)21-11-22(27)15-28-13-21;/h3-5,10-17H,6-9H2,1-2H3,(H,29,30);1H/b23-3+;. The van der Waals surface area contributed by atoms with Crippen molar-refractivity contribution in [3.05, 3.63) is 78.7 Å². The van der Waals surface area contributed by atoms with Gasteiger partial charge in [0.05, 0.1) is 11.9 Å². The number of oxazole rings is 1. The number of pyridine rings is 2. The van der Waals surface area contributed by atoms with Crippen LogP contribution in [0.5, 0.6) is 0 Å². The Morgan fingerprint density at radius 1 is 1.12 bits per heavy atom. The molecule has 0 spiro atoms. The zero-order chi connectivity index (χ0) is 22.8. The molecule has 0 amide bonds. The van der Waals surface area contributed by atoms with E-state index in [9.17, 15) is 4.39 Å². The van der Waals surface area contributed by atoms with Gasteiger partial charge in [0.15, 0.2) is 5.89 Å². The van der Waals surface area contributed by atoms with E-state index in [4.69, 9.17) is 9.40 Å². The molecule has 33 heavy (non-hydrogen) atoms. The first-order valence-electron chi connectivity index (χ1n) is 11.2. The van der Waals surface area contributed by atoms with Crippen molar-refractivity contribution in [2.24, 2.45) is 0 Å². The van der Waals surface area contributed by atoms with Gasteiger partial charge in [-0.3, -0.25) is 4.98 Å². The Hall–Kier alpha value is -3.58. The quantitative estimate of drug-likeness (QED) is 0.409. The molecule has 5 rings (SSSR count). The minimum absolute atomic E-state index is 0. The fourth-order valence-corrected chi connectivity index (χ4v) is 4.24. The largest absolute Gasteiger partial charge is 0.448 e. The first-order valence-corrected chi connectivity index (χ1v) is 11.2. The molecule has 4 aromatic rings. The maximum atomic E-state index is 13.6. The van der Waals surface area contributed by atoms with Crippen molar-refractivity contribution in [2.45, 2.75) is 25.7 Å². The van der Waals surface area contributed by atoms with E-state index in [0.717, 1.165) is 65.1 Å². The smallest absolute Gasteiger partial charge is 0.197 e. The molecule has 0 aliphatic carbocycles. The summed E-state index contributed by atoms with van der Waals surface area (Å²) in [6.45, 7) is 4.08. The summed E-state index contributed by atoms with van der Waals surface area (Å²) in [6.07, 6.45) is 10.5. The number of hydrogen-bond donors (Lipinski definition) is 1. The van der Waals surface area contributed by atoms with Crippen molar-refractivity contribution >= 4 is 22.3 Å². The average molecular weight is 446 g/mol. The Labute approximate surface area is 193 Å². The van der Waals surface area contributed by atoms with E-state index in [1.165, 1.54) is 12.3 Å². The van der Waals surface area contributed by atoms with E-state index < -0.39 is 0 Å². The highest BCUT2D eigenvalue weighted by molar-refractivity contribution is 5.89. The molecule has 1 N–H and O–H groups in total. The highest BCUT2D eigenvalue weighted by Crippen LogP contribution is 2.29. The van der Waals surface area contributed by atoms with Crippen molar-refractivity contribution in [1.82, 2.24) is 19.9 Å². The number of halogens is 1. The highest BCUT2D eigenvalue weighted by atomic mass is 19.1. The SMILES string of the molecule is C/C=C(/Nc1cc2cc(-c3cncc(F)c3)ccc2cn1)c1coc(C2CCN(C)CC2)n1.[HH]. The minimum atomic E-state index is -0.352. The zero-order valence-corrected chi connectivity index (χ0v) is 18.8. The molecule has 6 nitrogen and oxygen atoms in total. The third kappa shape index (κ3) is 4.64. The number of fused-ring (bicyclic) bond motifs is 1. The molecule has 1 aromatic carbocycles. The van der Waals surface area contributed by atoms with Crippen LogP contribution in [0.1, 0.15) is 38.7 Å². The number of benzene rings is 1. The van der Waals surface area contributed by atoms with Crippen LogP contribution >= 0.6 is 0 Å². The van der Waals surface area contributed by atoms with Crippen LogP contribution in [-0.4, -0.2) is 40.0 Å². The Bertz CT molecular complexity index is 1310. The van der Waals surface area contributed by atoms with Gasteiger partial charge in [0, 0.05) is 30.7 Å². The maximum Gasteiger partial charge on any atom is 0.197 e. The van der Waals surface area contributed by atoms with Gasteiger partial charge in [-0.1, -0.05) is 18.2 Å². The van der Waals surface area contributed by atoms with Crippen LogP contribution < -0.4 is 5.32 Å². The van der Waals surface area contributed by atoms with Crippen molar-refractivity contribution in [3.63, 3.8) is 0 Å². The number of allylic oxidation sites excluding steroid dienone is 1. The number of piperidine rings is 1. The molecule has 0 atom stereocenters. The second kappa shape index (κ2) is 9.11. The van der Waals surface area contributed by atoms with Gasteiger partial charge in [-0.05, 0) is 69.1 Å². The van der Waals surface area contributed by atoms with Crippen LogP contribution in [-0.2, 0) is 0 Å². The van der Waals surface area contributed by atoms with Crippen molar-refractivity contribution < 1.29 is 10.2 Å². The molecule has 170 valence electrons. The van der Waals surface area contributed by atoms with Gasteiger partial charge in [-0.25, -0.2) is 14.4 Å². The summed E-state index contributed by atoms with van der Waals surface area (Å²) >= 11 is 0. The summed E-state index contributed by atoms with van der Waals surface area (Å²) in [7, 11) is 2.15.